The first-order valence-electron chi connectivity index (χ1n) is 9.79. The predicted octanol–water partition coefficient (Wildman–Crippen LogP) is 2.00. The van der Waals surface area contributed by atoms with E-state index in [-0.39, 0.29) is 17.6 Å². The van der Waals surface area contributed by atoms with E-state index < -0.39 is 0 Å². The summed E-state index contributed by atoms with van der Waals surface area (Å²) in [5, 5.41) is 7.32. The second-order valence-electron chi connectivity index (χ2n) is 6.89. The first kappa shape index (κ1) is 20.9. The average Bonchev–Trinajstić information content (AvgIpc) is 3.27. The topological polar surface area (TPSA) is 91.7 Å². The maximum Gasteiger partial charge on any atom is 0.266 e. The van der Waals surface area contributed by atoms with E-state index in [1.807, 2.05) is 12.1 Å². The van der Waals surface area contributed by atoms with Gasteiger partial charge in [-0.1, -0.05) is 0 Å². The van der Waals surface area contributed by atoms with Crippen LogP contribution in [0, 0.1) is 0 Å². The minimum Gasteiger partial charge on any atom is -0.493 e. The molecule has 1 amide bonds. The molecule has 1 aliphatic heterocycles. The number of methoxy groups -OCH3 is 2. The van der Waals surface area contributed by atoms with Gasteiger partial charge in [0.15, 0.2) is 11.5 Å². The van der Waals surface area contributed by atoms with E-state index in [4.69, 9.17) is 14.2 Å². The molecule has 8 nitrogen and oxygen atoms in total. The lowest BCUT2D eigenvalue weighted by atomic mass is 10.1. The molecular weight excluding hydrogens is 374 g/mol. The summed E-state index contributed by atoms with van der Waals surface area (Å²) in [6.07, 6.45) is 3.02. The van der Waals surface area contributed by atoms with Crippen LogP contribution in [0.15, 0.2) is 35.1 Å². The molecule has 8 heteroatoms. The molecule has 1 aromatic heterocycles. The van der Waals surface area contributed by atoms with Crippen molar-refractivity contribution >= 4 is 5.91 Å². The fraction of sp³-hybridized carbons (Fsp3) is 0.476. The van der Waals surface area contributed by atoms with Gasteiger partial charge in [0, 0.05) is 37.7 Å². The summed E-state index contributed by atoms with van der Waals surface area (Å²) in [4.78, 5) is 24.1. The van der Waals surface area contributed by atoms with Crippen molar-refractivity contribution in [2.45, 2.75) is 38.3 Å². The summed E-state index contributed by atoms with van der Waals surface area (Å²) >= 11 is 0. The smallest absolute Gasteiger partial charge is 0.266 e. The molecule has 1 saturated heterocycles. The van der Waals surface area contributed by atoms with Gasteiger partial charge in [0.05, 0.1) is 26.0 Å². The highest BCUT2D eigenvalue weighted by Crippen LogP contribution is 2.31. The summed E-state index contributed by atoms with van der Waals surface area (Å²) in [7, 11) is 3.15. The number of nitrogens with zero attached hydrogens (tertiary/aromatic N) is 2. The van der Waals surface area contributed by atoms with Crippen molar-refractivity contribution < 1.29 is 19.0 Å². The van der Waals surface area contributed by atoms with Crippen molar-refractivity contribution in [3.8, 4) is 22.8 Å². The Morgan fingerprint density at radius 2 is 2.07 bits per heavy atom. The number of hydrogen-bond acceptors (Lipinski definition) is 6. The number of nitrogens with one attached hydrogen (secondary N) is 1. The molecule has 0 aliphatic carbocycles. The summed E-state index contributed by atoms with van der Waals surface area (Å²) in [5.74, 6) is 1.18. The van der Waals surface area contributed by atoms with Crippen molar-refractivity contribution in [2.75, 3.05) is 27.4 Å². The number of benzene rings is 1. The van der Waals surface area contributed by atoms with Crippen LogP contribution in [0.2, 0.25) is 0 Å². The highest BCUT2D eigenvalue weighted by molar-refractivity contribution is 5.75. The summed E-state index contributed by atoms with van der Waals surface area (Å²) in [6.45, 7) is 1.69. The Morgan fingerprint density at radius 3 is 2.79 bits per heavy atom. The first-order valence-corrected chi connectivity index (χ1v) is 9.79. The lowest BCUT2D eigenvalue weighted by molar-refractivity contribution is -0.121. The van der Waals surface area contributed by atoms with Crippen LogP contribution in [0.5, 0.6) is 11.5 Å². The van der Waals surface area contributed by atoms with Crippen molar-refractivity contribution in [1.82, 2.24) is 15.1 Å². The van der Waals surface area contributed by atoms with E-state index in [1.165, 1.54) is 10.7 Å². The lowest BCUT2D eigenvalue weighted by Gasteiger charge is -2.12. The Labute approximate surface area is 169 Å². The van der Waals surface area contributed by atoms with Crippen LogP contribution in [0.1, 0.15) is 25.7 Å². The van der Waals surface area contributed by atoms with Gasteiger partial charge in [-0.3, -0.25) is 9.59 Å². The van der Waals surface area contributed by atoms with Gasteiger partial charge in [0.1, 0.15) is 0 Å². The van der Waals surface area contributed by atoms with E-state index in [0.29, 0.717) is 43.1 Å². The number of carbonyl (C=O) groups excluding carboxylic acids is 1. The monoisotopic (exact) mass is 401 g/mol. The minimum absolute atomic E-state index is 0.0374. The van der Waals surface area contributed by atoms with Gasteiger partial charge in [-0.15, -0.1) is 0 Å². The molecule has 1 aromatic carbocycles. The minimum atomic E-state index is -0.200. The fourth-order valence-corrected chi connectivity index (χ4v) is 3.27. The van der Waals surface area contributed by atoms with E-state index in [0.717, 1.165) is 25.0 Å². The zero-order chi connectivity index (χ0) is 20.6. The second-order valence-corrected chi connectivity index (χ2v) is 6.89. The van der Waals surface area contributed by atoms with E-state index >= 15 is 0 Å². The largest absolute Gasteiger partial charge is 0.493 e. The molecule has 1 fully saturated rings. The number of hydrogen-bond donors (Lipinski definition) is 1. The standard InChI is InChI=1S/C21H27N3O5/c1-27-18-9-7-15(13-19(18)28-2)17-8-10-21(26)24(23-17)11-3-6-20(25)22-14-16-5-4-12-29-16/h7-10,13,16H,3-6,11-12,14H2,1-2H3,(H,22,25). The quantitative estimate of drug-likeness (QED) is 0.691. The lowest BCUT2D eigenvalue weighted by Crippen LogP contribution is -2.32. The Kier molecular flexibility index (Phi) is 7.24. The number of aromatic nitrogens is 2. The molecule has 1 atom stereocenters. The molecule has 29 heavy (non-hydrogen) atoms. The normalized spacial score (nSPS) is 15.9. The maximum atomic E-state index is 12.1. The van der Waals surface area contributed by atoms with E-state index in [2.05, 4.69) is 10.4 Å². The summed E-state index contributed by atoms with van der Waals surface area (Å²) < 4.78 is 17.5. The van der Waals surface area contributed by atoms with Crippen LogP contribution in [0.3, 0.4) is 0 Å². The summed E-state index contributed by atoms with van der Waals surface area (Å²) in [5.41, 5.74) is 1.26. The van der Waals surface area contributed by atoms with Crippen LogP contribution in [0.4, 0.5) is 0 Å². The molecule has 3 rings (SSSR count). The summed E-state index contributed by atoms with van der Waals surface area (Å²) in [6, 6.07) is 8.63. The van der Waals surface area contributed by atoms with Crippen molar-refractivity contribution in [1.29, 1.82) is 0 Å². The van der Waals surface area contributed by atoms with Crippen molar-refractivity contribution in [2.24, 2.45) is 0 Å². The molecule has 0 saturated carbocycles. The van der Waals surface area contributed by atoms with Crippen LogP contribution in [0.25, 0.3) is 11.3 Å². The van der Waals surface area contributed by atoms with Gasteiger partial charge < -0.3 is 19.5 Å². The highest BCUT2D eigenvalue weighted by Gasteiger charge is 2.16. The number of carbonyl (C=O) groups is 1. The Balaban J connectivity index is 1.59. The van der Waals surface area contributed by atoms with Gasteiger partial charge in [0.2, 0.25) is 5.91 Å². The molecule has 2 heterocycles. The number of amides is 1. The molecule has 1 N–H and O–H groups in total. The van der Waals surface area contributed by atoms with Gasteiger partial charge in [-0.05, 0) is 43.5 Å². The zero-order valence-electron chi connectivity index (χ0n) is 16.8. The van der Waals surface area contributed by atoms with Gasteiger partial charge in [0.25, 0.3) is 5.56 Å². The first-order chi connectivity index (χ1) is 14.1. The van der Waals surface area contributed by atoms with E-state index in [1.54, 1.807) is 26.4 Å². The molecule has 1 aliphatic rings. The number of ether oxygens (including phenoxy) is 3. The third kappa shape index (κ3) is 5.57. The molecule has 0 spiro atoms. The third-order valence-corrected chi connectivity index (χ3v) is 4.87. The van der Waals surface area contributed by atoms with Crippen molar-refractivity contribution in [3.05, 3.63) is 40.7 Å². The predicted molar refractivity (Wildman–Crippen MR) is 108 cm³/mol. The average molecular weight is 401 g/mol. The molecular formula is C21H27N3O5. The zero-order valence-corrected chi connectivity index (χ0v) is 16.8. The second kappa shape index (κ2) is 10.1. The highest BCUT2D eigenvalue weighted by atomic mass is 16.5. The fourth-order valence-electron chi connectivity index (χ4n) is 3.27. The SMILES string of the molecule is COc1ccc(-c2ccc(=O)n(CCCC(=O)NCC3CCCO3)n2)cc1OC. The number of aryl methyl sites for hydroxylation is 1. The molecule has 0 bridgehead atoms. The van der Waals surface area contributed by atoms with Crippen LogP contribution in [-0.2, 0) is 16.1 Å². The Bertz CT molecular complexity index is 890. The van der Waals surface area contributed by atoms with Gasteiger partial charge >= 0.3 is 0 Å². The van der Waals surface area contributed by atoms with Crippen LogP contribution < -0.4 is 20.3 Å². The van der Waals surface area contributed by atoms with Crippen LogP contribution in [-0.4, -0.2) is 49.2 Å². The Morgan fingerprint density at radius 1 is 1.24 bits per heavy atom. The van der Waals surface area contributed by atoms with Crippen molar-refractivity contribution in [3.63, 3.8) is 0 Å². The third-order valence-electron chi connectivity index (χ3n) is 4.87. The number of rotatable bonds is 9. The molecule has 156 valence electrons. The molecule has 2 aromatic rings. The Hall–Kier alpha value is -2.87. The molecule has 0 radical (unpaired) electrons. The molecule has 1 unspecified atom stereocenters. The van der Waals surface area contributed by atoms with Gasteiger partial charge in [-0.25, -0.2) is 4.68 Å². The van der Waals surface area contributed by atoms with Gasteiger partial charge in [-0.2, -0.15) is 5.10 Å². The maximum absolute atomic E-state index is 12.1. The van der Waals surface area contributed by atoms with Crippen LogP contribution >= 0.6 is 0 Å². The van der Waals surface area contributed by atoms with E-state index in [9.17, 15) is 9.59 Å².